The summed E-state index contributed by atoms with van der Waals surface area (Å²) in [4.78, 5) is 18.0. The minimum absolute atomic E-state index is 0.0255. The molecule has 14 heteroatoms. The molecule has 2 heterocycles. The molecule has 0 aliphatic carbocycles. The standard InChI is InChI=1S/C25H23F5N6O3/c1-2-3-4-18-31-20(21(32-18)23(37)38)19(24(26,27)25(28,29)30)15-9-11-17(12-10-15)39-13-14-5-7-16(8-6-14)22-33-35-36-34-22/h5-12,19H,2-4,13H2,1H3,(H,31,32)(H,37,38)(H,33,34,35,36). The molecule has 0 saturated carbocycles. The van der Waals surface area contributed by atoms with Crippen LogP contribution in [0.25, 0.3) is 11.4 Å². The van der Waals surface area contributed by atoms with E-state index in [1.807, 2.05) is 6.92 Å². The molecule has 0 aliphatic rings. The highest BCUT2D eigenvalue weighted by Gasteiger charge is 2.64. The molecule has 0 fully saturated rings. The number of nitrogens with zero attached hydrogens (tertiary/aromatic N) is 4. The van der Waals surface area contributed by atoms with E-state index in [1.165, 1.54) is 12.1 Å². The average molecular weight is 550 g/mol. The molecule has 0 amide bonds. The number of alkyl halides is 5. The Labute approximate surface area is 218 Å². The summed E-state index contributed by atoms with van der Waals surface area (Å²) in [6, 6.07) is 11.6. The molecule has 0 spiro atoms. The number of tetrazole rings is 1. The Morgan fingerprint density at radius 3 is 2.31 bits per heavy atom. The van der Waals surface area contributed by atoms with Crippen molar-refractivity contribution >= 4 is 5.97 Å². The number of aromatic amines is 2. The summed E-state index contributed by atoms with van der Waals surface area (Å²) in [5.41, 5.74) is -0.685. The first-order chi connectivity index (χ1) is 18.5. The second kappa shape index (κ2) is 11.2. The molecule has 0 aliphatic heterocycles. The number of carbonyl (C=O) groups is 1. The van der Waals surface area contributed by atoms with Crippen LogP contribution in [0.1, 0.15) is 58.8 Å². The number of aromatic carboxylic acids is 1. The molecule has 2 aromatic heterocycles. The largest absolute Gasteiger partial charge is 0.489 e. The number of halogens is 5. The second-order valence-electron chi connectivity index (χ2n) is 8.70. The minimum atomic E-state index is -5.95. The molecule has 206 valence electrons. The Morgan fingerprint density at radius 2 is 1.74 bits per heavy atom. The van der Waals surface area contributed by atoms with Crippen molar-refractivity contribution in [1.82, 2.24) is 30.6 Å². The van der Waals surface area contributed by atoms with Gasteiger partial charge in [-0.25, -0.2) is 9.78 Å². The first kappa shape index (κ1) is 27.7. The lowest BCUT2D eigenvalue weighted by atomic mass is 9.87. The Bertz CT molecular complexity index is 1390. The number of carboxylic acid groups (broad SMARTS) is 1. The zero-order chi connectivity index (χ0) is 28.2. The van der Waals surface area contributed by atoms with Crippen LogP contribution in [-0.2, 0) is 13.0 Å². The van der Waals surface area contributed by atoms with Crippen molar-refractivity contribution in [2.24, 2.45) is 0 Å². The van der Waals surface area contributed by atoms with Gasteiger partial charge in [-0.05, 0) is 34.9 Å². The molecule has 4 aromatic rings. The first-order valence-electron chi connectivity index (χ1n) is 11.8. The van der Waals surface area contributed by atoms with Gasteiger partial charge in [-0.15, -0.1) is 10.2 Å². The fourth-order valence-corrected chi connectivity index (χ4v) is 3.95. The molecule has 9 nitrogen and oxygen atoms in total. The summed E-state index contributed by atoms with van der Waals surface area (Å²) in [5, 5.41) is 23.1. The number of hydrogen-bond acceptors (Lipinski definition) is 6. The number of H-pyrrole nitrogens is 2. The fraction of sp³-hybridized carbons (Fsp3) is 0.320. The smallest absolute Gasteiger partial charge is 0.454 e. The fourth-order valence-electron chi connectivity index (χ4n) is 3.95. The van der Waals surface area contributed by atoms with Crippen LogP contribution in [0.15, 0.2) is 48.5 Å². The Balaban J connectivity index is 1.59. The maximum absolute atomic E-state index is 14.9. The number of carboxylic acids is 1. The van der Waals surface area contributed by atoms with Crippen LogP contribution in [0.2, 0.25) is 0 Å². The van der Waals surface area contributed by atoms with E-state index in [1.54, 1.807) is 24.3 Å². The van der Waals surface area contributed by atoms with Crippen LogP contribution in [0.3, 0.4) is 0 Å². The third-order valence-electron chi connectivity index (χ3n) is 5.96. The number of unbranched alkanes of at least 4 members (excludes halogenated alkanes) is 1. The summed E-state index contributed by atoms with van der Waals surface area (Å²) in [7, 11) is 0. The number of nitrogens with one attached hydrogen (secondary N) is 2. The normalized spacial score (nSPS) is 12.9. The molecular formula is C25H23F5N6O3. The maximum Gasteiger partial charge on any atom is 0.454 e. The Kier molecular flexibility index (Phi) is 7.93. The van der Waals surface area contributed by atoms with E-state index in [-0.39, 0.29) is 24.6 Å². The van der Waals surface area contributed by atoms with Crippen LogP contribution in [0, 0.1) is 0 Å². The van der Waals surface area contributed by atoms with Gasteiger partial charge in [0, 0.05) is 12.0 Å². The van der Waals surface area contributed by atoms with E-state index in [0.29, 0.717) is 24.2 Å². The molecule has 3 N–H and O–H groups in total. The van der Waals surface area contributed by atoms with Crippen molar-refractivity contribution in [2.75, 3.05) is 0 Å². The summed E-state index contributed by atoms with van der Waals surface area (Å²) < 4.78 is 76.0. The molecule has 0 saturated heterocycles. The van der Waals surface area contributed by atoms with Crippen molar-refractivity contribution in [3.05, 3.63) is 76.9 Å². The first-order valence-corrected chi connectivity index (χ1v) is 11.8. The van der Waals surface area contributed by atoms with E-state index in [0.717, 1.165) is 17.7 Å². The summed E-state index contributed by atoms with van der Waals surface area (Å²) in [6.45, 7) is 1.93. The van der Waals surface area contributed by atoms with Crippen LogP contribution in [-0.4, -0.2) is 53.8 Å². The number of ether oxygens (including phenoxy) is 1. The van der Waals surface area contributed by atoms with Gasteiger partial charge in [0.1, 0.15) is 18.2 Å². The van der Waals surface area contributed by atoms with E-state index < -0.39 is 40.9 Å². The SMILES string of the molecule is CCCCc1nc(C(=O)O)c(C(c2ccc(OCc3ccc(-c4nn[nH]n4)cc3)cc2)C(F)(F)C(F)(F)F)[nH]1. The number of imidazole rings is 1. The lowest BCUT2D eigenvalue weighted by Gasteiger charge is -2.28. The third-order valence-corrected chi connectivity index (χ3v) is 5.96. The molecule has 2 aromatic carbocycles. The molecular weight excluding hydrogens is 527 g/mol. The zero-order valence-corrected chi connectivity index (χ0v) is 20.5. The lowest BCUT2D eigenvalue weighted by molar-refractivity contribution is -0.287. The van der Waals surface area contributed by atoms with Gasteiger partial charge in [-0.1, -0.05) is 49.7 Å². The highest BCUT2D eigenvalue weighted by molar-refractivity contribution is 5.87. The van der Waals surface area contributed by atoms with Gasteiger partial charge in [0.25, 0.3) is 0 Å². The highest BCUT2D eigenvalue weighted by atomic mass is 19.4. The van der Waals surface area contributed by atoms with Crippen molar-refractivity contribution < 1.29 is 36.6 Å². The van der Waals surface area contributed by atoms with Crippen molar-refractivity contribution in [2.45, 2.75) is 50.8 Å². The number of aromatic nitrogens is 6. The average Bonchev–Trinajstić information content (AvgIpc) is 3.58. The van der Waals surface area contributed by atoms with Crippen molar-refractivity contribution in [1.29, 1.82) is 0 Å². The van der Waals surface area contributed by atoms with Gasteiger partial charge in [-0.2, -0.15) is 27.2 Å². The highest BCUT2D eigenvalue weighted by Crippen LogP contribution is 2.49. The Morgan fingerprint density at radius 1 is 1.05 bits per heavy atom. The van der Waals surface area contributed by atoms with E-state index >= 15 is 0 Å². The molecule has 1 atom stereocenters. The van der Waals surface area contributed by atoms with Crippen LogP contribution >= 0.6 is 0 Å². The van der Waals surface area contributed by atoms with Crippen LogP contribution in [0.5, 0.6) is 5.75 Å². The predicted octanol–water partition coefficient (Wildman–Crippen LogP) is 5.54. The van der Waals surface area contributed by atoms with Gasteiger partial charge < -0.3 is 14.8 Å². The van der Waals surface area contributed by atoms with E-state index in [4.69, 9.17) is 4.74 Å². The van der Waals surface area contributed by atoms with E-state index in [9.17, 15) is 31.9 Å². The molecule has 4 rings (SSSR count). The van der Waals surface area contributed by atoms with E-state index in [2.05, 4.69) is 30.6 Å². The maximum atomic E-state index is 14.9. The van der Waals surface area contributed by atoms with Crippen molar-refractivity contribution in [3.63, 3.8) is 0 Å². The lowest BCUT2D eigenvalue weighted by Crippen LogP contribution is -2.43. The number of aryl methyl sites for hydroxylation is 1. The number of benzene rings is 2. The zero-order valence-electron chi connectivity index (χ0n) is 20.5. The monoisotopic (exact) mass is 550 g/mol. The molecule has 39 heavy (non-hydrogen) atoms. The van der Waals surface area contributed by atoms with Crippen LogP contribution in [0.4, 0.5) is 22.0 Å². The number of rotatable bonds is 11. The molecule has 1 unspecified atom stereocenters. The van der Waals surface area contributed by atoms with Gasteiger partial charge in [0.15, 0.2) is 5.69 Å². The van der Waals surface area contributed by atoms with Gasteiger partial charge in [0.05, 0.1) is 11.6 Å². The third kappa shape index (κ3) is 6.04. The number of hydrogen-bond donors (Lipinski definition) is 3. The second-order valence-corrected chi connectivity index (χ2v) is 8.70. The topological polar surface area (TPSA) is 130 Å². The summed E-state index contributed by atoms with van der Waals surface area (Å²) >= 11 is 0. The van der Waals surface area contributed by atoms with Gasteiger partial charge >= 0.3 is 18.1 Å². The van der Waals surface area contributed by atoms with Crippen LogP contribution < -0.4 is 4.74 Å². The molecule has 0 radical (unpaired) electrons. The quantitative estimate of drug-likeness (QED) is 0.209. The van der Waals surface area contributed by atoms with Crippen molar-refractivity contribution in [3.8, 4) is 17.1 Å². The summed E-state index contributed by atoms with van der Waals surface area (Å²) in [6.07, 6.45) is -4.53. The predicted molar refractivity (Wildman–Crippen MR) is 127 cm³/mol. The minimum Gasteiger partial charge on any atom is -0.489 e. The Hall–Kier alpha value is -4.36. The van der Waals surface area contributed by atoms with Gasteiger partial charge in [-0.3, -0.25) is 0 Å². The summed E-state index contributed by atoms with van der Waals surface area (Å²) in [5.74, 6) is -9.03. The van der Waals surface area contributed by atoms with Gasteiger partial charge in [0.2, 0.25) is 5.82 Å². The molecule has 0 bridgehead atoms.